The Morgan fingerprint density at radius 3 is 1.71 bits per heavy atom. The van der Waals surface area contributed by atoms with Gasteiger partial charge in [0.1, 0.15) is 6.17 Å². The molecule has 0 radical (unpaired) electrons. The largest absolute Gasteiger partial charge is 0.394 e. The summed E-state index contributed by atoms with van der Waals surface area (Å²) in [6.45, 7) is 13.5. The van der Waals surface area contributed by atoms with E-state index in [1.807, 2.05) is 34.7 Å². The molecule has 21 heavy (non-hydrogen) atoms. The summed E-state index contributed by atoms with van der Waals surface area (Å²) < 4.78 is 11.1. The van der Waals surface area contributed by atoms with Gasteiger partial charge >= 0.3 is 0 Å². The number of alkyl halides is 1. The van der Waals surface area contributed by atoms with Gasteiger partial charge in [-0.2, -0.15) is 0 Å². The highest BCUT2D eigenvalue weighted by atomic mass is 19.1. The van der Waals surface area contributed by atoms with E-state index < -0.39 is 6.17 Å². The van der Waals surface area contributed by atoms with E-state index in [4.69, 9.17) is 5.73 Å². The van der Waals surface area contributed by atoms with Crippen molar-refractivity contribution >= 4 is 0 Å². The van der Waals surface area contributed by atoms with E-state index in [-0.39, 0.29) is 0 Å². The summed E-state index contributed by atoms with van der Waals surface area (Å²) in [7, 11) is 1.81. The molecule has 0 heterocycles. The van der Waals surface area contributed by atoms with Crippen LogP contribution in [-0.4, -0.2) is 19.3 Å². The van der Waals surface area contributed by atoms with Crippen molar-refractivity contribution in [3.63, 3.8) is 0 Å². The molecule has 0 aromatic carbocycles. The maximum atomic E-state index is 11.1. The van der Waals surface area contributed by atoms with Crippen LogP contribution in [0.3, 0.4) is 0 Å². The Bertz CT molecular complexity index is 175. The summed E-state index contributed by atoms with van der Waals surface area (Å²) in [5.74, 6) is 0.986. The molecule has 1 unspecified atom stereocenters. The number of nitrogens with two attached hydrogens (primary N) is 1. The molecular weight excluding hydrogens is 263 g/mol. The summed E-state index contributed by atoms with van der Waals surface area (Å²) in [6, 6.07) is 0.482. The van der Waals surface area contributed by atoms with Gasteiger partial charge in [-0.05, 0) is 37.8 Å². The highest BCUT2D eigenvalue weighted by Crippen LogP contribution is 2.30. The second kappa shape index (κ2) is 21.7. The van der Waals surface area contributed by atoms with Crippen molar-refractivity contribution in [3.8, 4) is 0 Å². The Kier molecular flexibility index (Phi) is 26.3. The highest BCUT2D eigenvalue weighted by Gasteiger charge is 2.19. The highest BCUT2D eigenvalue weighted by molar-refractivity contribution is 4.74. The number of halogens is 1. The van der Waals surface area contributed by atoms with Gasteiger partial charge in [0.25, 0.3) is 0 Å². The molecule has 1 atom stereocenters. The third kappa shape index (κ3) is 24.8. The molecule has 0 amide bonds. The van der Waals surface area contributed by atoms with Crippen LogP contribution in [0, 0.1) is 5.92 Å². The minimum atomic E-state index is -0.417. The topological polar surface area (TPSA) is 38.0 Å². The monoisotopic (exact) mass is 304 g/mol. The summed E-state index contributed by atoms with van der Waals surface area (Å²) in [5.41, 5.74) is 5.78. The van der Waals surface area contributed by atoms with Crippen LogP contribution in [0.25, 0.3) is 0 Å². The van der Waals surface area contributed by atoms with Gasteiger partial charge in [-0.15, -0.1) is 0 Å². The summed E-state index contributed by atoms with van der Waals surface area (Å²) in [4.78, 5) is 0. The van der Waals surface area contributed by atoms with E-state index in [2.05, 4.69) is 18.8 Å². The lowest BCUT2D eigenvalue weighted by molar-refractivity contribution is 0.274. The molecule has 130 valence electrons. The van der Waals surface area contributed by atoms with Gasteiger partial charge in [0.15, 0.2) is 0 Å². The molecule has 2 rings (SSSR count). The van der Waals surface area contributed by atoms with Gasteiger partial charge in [0, 0.05) is 13.1 Å². The molecule has 0 spiro atoms. The summed E-state index contributed by atoms with van der Waals surface area (Å²) in [5, 5.41) is 2.69. The molecule has 0 bridgehead atoms. The van der Waals surface area contributed by atoms with E-state index in [0.717, 1.165) is 25.2 Å². The van der Waals surface area contributed by atoms with E-state index in [1.165, 1.54) is 25.7 Å². The van der Waals surface area contributed by atoms with Gasteiger partial charge in [0.05, 0.1) is 0 Å². The third-order valence-corrected chi connectivity index (χ3v) is 3.10. The average Bonchev–Trinajstić information content (AvgIpc) is 3.30. The van der Waals surface area contributed by atoms with Gasteiger partial charge in [-0.25, -0.2) is 4.39 Å². The van der Waals surface area contributed by atoms with Crippen LogP contribution in [0.1, 0.15) is 79.6 Å². The Labute approximate surface area is 133 Å². The smallest absolute Gasteiger partial charge is 0.100 e. The quantitative estimate of drug-likeness (QED) is 0.726. The zero-order valence-corrected chi connectivity index (χ0v) is 15.4. The Morgan fingerprint density at radius 1 is 1.19 bits per heavy atom. The molecule has 2 nitrogen and oxygen atoms in total. The number of nitrogens with one attached hydrogen (secondary N) is 1. The van der Waals surface area contributed by atoms with Gasteiger partial charge in [-0.1, -0.05) is 60.5 Å². The first-order valence-corrected chi connectivity index (χ1v) is 8.81. The molecule has 3 heteroatoms. The fraction of sp³-hybridized carbons (Fsp3) is 0.889. The van der Waals surface area contributed by atoms with Gasteiger partial charge in [0.2, 0.25) is 0 Å². The molecule has 0 aromatic heterocycles. The second-order valence-corrected chi connectivity index (χ2v) is 4.87. The Morgan fingerprint density at radius 2 is 1.57 bits per heavy atom. The average molecular weight is 305 g/mol. The van der Waals surface area contributed by atoms with Crippen molar-refractivity contribution in [3.05, 3.63) is 12.8 Å². The first-order chi connectivity index (χ1) is 10.1. The Hall–Kier alpha value is -0.570. The van der Waals surface area contributed by atoms with E-state index >= 15 is 0 Å². The predicted molar refractivity (Wildman–Crippen MR) is 96.3 cm³/mol. The van der Waals surface area contributed by atoms with Crippen LogP contribution in [0.4, 0.5) is 4.39 Å². The first kappa shape index (κ1) is 25.4. The molecule has 2 saturated carbocycles. The molecule has 2 fully saturated rings. The zero-order valence-electron chi connectivity index (χ0n) is 15.4. The van der Waals surface area contributed by atoms with E-state index in [0.29, 0.717) is 6.04 Å². The Balaban J connectivity index is -0.000000228. The summed E-state index contributed by atoms with van der Waals surface area (Å²) >= 11 is 0. The third-order valence-electron chi connectivity index (χ3n) is 3.10. The predicted octanol–water partition coefficient (Wildman–Crippen LogP) is 5.43. The molecule has 0 aliphatic heterocycles. The summed E-state index contributed by atoms with van der Waals surface area (Å²) in [6.07, 6.45) is 9.59. The fourth-order valence-corrected chi connectivity index (χ4v) is 1.39. The fourth-order valence-electron chi connectivity index (χ4n) is 1.39. The number of hydrogen-bond acceptors (Lipinski definition) is 2. The van der Waals surface area contributed by atoms with Crippen LogP contribution in [0.15, 0.2) is 12.8 Å². The molecule has 3 N–H and O–H groups in total. The van der Waals surface area contributed by atoms with Crippen molar-refractivity contribution in [1.29, 1.82) is 0 Å². The van der Waals surface area contributed by atoms with Crippen molar-refractivity contribution in [2.45, 2.75) is 91.8 Å². The van der Waals surface area contributed by atoms with Crippen LogP contribution in [0.5, 0.6) is 0 Å². The van der Waals surface area contributed by atoms with Crippen LogP contribution < -0.4 is 11.1 Å². The molecule has 2 aliphatic rings. The maximum Gasteiger partial charge on any atom is 0.100 e. The van der Waals surface area contributed by atoms with E-state index in [1.54, 1.807) is 6.20 Å². The minimum absolute atomic E-state index is 0.417. The zero-order chi connectivity index (χ0) is 17.1. The second-order valence-electron chi connectivity index (χ2n) is 4.87. The molecular formula is C18H41FN2. The van der Waals surface area contributed by atoms with Crippen molar-refractivity contribution in [1.82, 2.24) is 5.32 Å². The van der Waals surface area contributed by atoms with Crippen molar-refractivity contribution in [2.24, 2.45) is 11.7 Å². The molecule has 2 aliphatic carbocycles. The normalized spacial score (nSPS) is 16.6. The van der Waals surface area contributed by atoms with Crippen molar-refractivity contribution in [2.75, 3.05) is 7.05 Å². The standard InChI is InChI=1S/C8H17N.C3H5F.C3H7N.2C2H6/c1-2-8(9)6-7-4-3-5-7;4-3-1-2-3;1-3-4-2;2*1-2/h7-8H,2-6,9H2,1H3;3H,1-2H2;3-4H,1H2,2H3;2*1-2H3. The number of rotatable bonds is 4. The van der Waals surface area contributed by atoms with Gasteiger partial charge in [-0.3, -0.25) is 0 Å². The van der Waals surface area contributed by atoms with Crippen LogP contribution in [-0.2, 0) is 0 Å². The van der Waals surface area contributed by atoms with Crippen LogP contribution >= 0.6 is 0 Å². The first-order valence-electron chi connectivity index (χ1n) is 8.81. The van der Waals surface area contributed by atoms with Gasteiger partial charge < -0.3 is 11.1 Å². The maximum absolute atomic E-state index is 11.1. The lowest BCUT2D eigenvalue weighted by Crippen LogP contribution is -2.25. The molecule has 0 aromatic rings. The lowest BCUT2D eigenvalue weighted by Gasteiger charge is -2.27. The van der Waals surface area contributed by atoms with Crippen molar-refractivity contribution < 1.29 is 4.39 Å². The SMILES string of the molecule is C=CNC.CC.CC.CCC(N)CC1CCC1.FC1CC1. The molecule has 0 saturated heterocycles. The van der Waals surface area contributed by atoms with Crippen LogP contribution in [0.2, 0.25) is 0 Å². The van der Waals surface area contributed by atoms with E-state index in [9.17, 15) is 4.39 Å². The number of hydrogen-bond donors (Lipinski definition) is 2. The minimum Gasteiger partial charge on any atom is -0.394 e. The lowest BCUT2D eigenvalue weighted by atomic mass is 9.81.